The lowest BCUT2D eigenvalue weighted by molar-refractivity contribution is 0.178. The molecule has 0 unspecified atom stereocenters. The van der Waals surface area contributed by atoms with Crippen molar-refractivity contribution in [2.45, 2.75) is 18.9 Å². The molecule has 1 aliphatic heterocycles. The third kappa shape index (κ3) is 2.92. The van der Waals surface area contributed by atoms with Crippen LogP contribution in [0.3, 0.4) is 0 Å². The predicted octanol–water partition coefficient (Wildman–Crippen LogP) is 0.146. The lowest BCUT2D eigenvalue weighted by atomic mass is 9.91. The Hall–Kier alpha value is -1.28. The number of nitriles is 1. The molecule has 1 heterocycles. The van der Waals surface area contributed by atoms with Crippen molar-refractivity contribution in [2.75, 3.05) is 13.1 Å². The quantitative estimate of drug-likeness (QED) is 0.568. The zero-order valence-corrected chi connectivity index (χ0v) is 7.29. The van der Waals surface area contributed by atoms with Gasteiger partial charge in [-0.15, -0.1) is 0 Å². The van der Waals surface area contributed by atoms with Crippen molar-refractivity contribution in [1.29, 1.82) is 5.26 Å². The number of nitrogens with zero attached hydrogens (tertiary/aromatic N) is 1. The van der Waals surface area contributed by atoms with Crippen LogP contribution >= 0.6 is 0 Å². The summed E-state index contributed by atoms with van der Waals surface area (Å²) >= 11 is 0. The molecule has 0 aromatic heterocycles. The molecule has 0 bridgehead atoms. The molecule has 1 fully saturated rings. The first-order valence-electron chi connectivity index (χ1n) is 4.31. The molecule has 1 amide bonds. The average molecular weight is 183 g/mol. The molecule has 5 heteroatoms. The van der Waals surface area contributed by atoms with Gasteiger partial charge in [0.2, 0.25) is 0 Å². The Labute approximate surface area is 76.7 Å². The molecule has 3 N–H and O–H groups in total. The molecule has 0 spiro atoms. The van der Waals surface area contributed by atoms with E-state index in [-0.39, 0.29) is 12.0 Å². The number of amides is 1. The van der Waals surface area contributed by atoms with E-state index in [9.17, 15) is 4.79 Å². The minimum atomic E-state index is -1.00. The van der Waals surface area contributed by atoms with Crippen LogP contribution in [0.5, 0.6) is 0 Å². The first-order chi connectivity index (χ1) is 6.24. The molecule has 13 heavy (non-hydrogen) atoms. The Bertz CT molecular complexity index is 224. The van der Waals surface area contributed by atoms with Crippen molar-refractivity contribution in [3.63, 3.8) is 0 Å². The third-order valence-electron chi connectivity index (χ3n) is 2.27. The maximum Gasteiger partial charge on any atom is 0.404 e. The summed E-state index contributed by atoms with van der Waals surface area (Å²) in [5.74, 6) is 0.106. The molecule has 2 atom stereocenters. The van der Waals surface area contributed by atoms with Crippen molar-refractivity contribution in [1.82, 2.24) is 10.6 Å². The van der Waals surface area contributed by atoms with Gasteiger partial charge in [0.05, 0.1) is 6.07 Å². The van der Waals surface area contributed by atoms with Crippen LogP contribution in [-0.2, 0) is 0 Å². The van der Waals surface area contributed by atoms with Crippen LogP contribution in [0.15, 0.2) is 0 Å². The van der Waals surface area contributed by atoms with Gasteiger partial charge < -0.3 is 15.7 Å². The summed E-state index contributed by atoms with van der Waals surface area (Å²) in [6.07, 6.45) is 0.159. The molecule has 0 aromatic rings. The number of nitrogens with one attached hydrogen (secondary N) is 2. The SMILES string of the molecule is N#CC[C@H]1CNCC[C@H]1NC(=O)O. The molecule has 1 saturated heterocycles. The summed E-state index contributed by atoms with van der Waals surface area (Å²) in [5.41, 5.74) is 0. The van der Waals surface area contributed by atoms with Crippen molar-refractivity contribution in [3.8, 4) is 6.07 Å². The standard InChI is InChI=1S/C8H13N3O2/c9-3-1-6-5-10-4-2-7(6)11-8(12)13/h6-7,10-11H,1-2,4-5H2,(H,12,13)/t6-,7+/m0/s1. The zero-order valence-electron chi connectivity index (χ0n) is 7.29. The van der Waals surface area contributed by atoms with Gasteiger partial charge in [0.25, 0.3) is 0 Å². The first kappa shape index (κ1) is 9.81. The number of carbonyl (C=O) groups is 1. The van der Waals surface area contributed by atoms with E-state index < -0.39 is 6.09 Å². The zero-order chi connectivity index (χ0) is 9.68. The Morgan fingerprint density at radius 3 is 3.15 bits per heavy atom. The van der Waals surface area contributed by atoms with E-state index in [1.807, 2.05) is 0 Å². The van der Waals surface area contributed by atoms with Gasteiger partial charge in [-0.3, -0.25) is 0 Å². The topological polar surface area (TPSA) is 85.2 Å². The fourth-order valence-corrected chi connectivity index (χ4v) is 1.60. The van der Waals surface area contributed by atoms with E-state index in [4.69, 9.17) is 10.4 Å². The molecule has 1 rings (SSSR count). The monoisotopic (exact) mass is 183 g/mol. The van der Waals surface area contributed by atoms with Gasteiger partial charge in [-0.1, -0.05) is 0 Å². The number of rotatable bonds is 2. The molecule has 5 nitrogen and oxygen atoms in total. The fraction of sp³-hybridized carbons (Fsp3) is 0.750. The van der Waals surface area contributed by atoms with Crippen LogP contribution in [0, 0.1) is 17.2 Å². The maximum absolute atomic E-state index is 10.4. The van der Waals surface area contributed by atoms with Crippen LogP contribution in [0.25, 0.3) is 0 Å². The molecule has 0 aliphatic carbocycles. The van der Waals surface area contributed by atoms with E-state index in [1.54, 1.807) is 0 Å². The van der Waals surface area contributed by atoms with E-state index >= 15 is 0 Å². The van der Waals surface area contributed by atoms with E-state index in [0.717, 1.165) is 19.5 Å². The smallest absolute Gasteiger partial charge is 0.404 e. The normalized spacial score (nSPS) is 27.6. The van der Waals surface area contributed by atoms with Crippen LogP contribution in [0.4, 0.5) is 4.79 Å². The van der Waals surface area contributed by atoms with Crippen molar-refractivity contribution < 1.29 is 9.90 Å². The minimum Gasteiger partial charge on any atom is -0.465 e. The van der Waals surface area contributed by atoms with Gasteiger partial charge in [0, 0.05) is 24.9 Å². The second kappa shape index (κ2) is 4.67. The highest BCUT2D eigenvalue weighted by Crippen LogP contribution is 2.14. The number of hydrogen-bond donors (Lipinski definition) is 3. The second-order valence-corrected chi connectivity index (χ2v) is 3.17. The maximum atomic E-state index is 10.4. The predicted molar refractivity (Wildman–Crippen MR) is 46.2 cm³/mol. The van der Waals surface area contributed by atoms with Crippen LogP contribution < -0.4 is 10.6 Å². The highest BCUT2D eigenvalue weighted by atomic mass is 16.4. The lowest BCUT2D eigenvalue weighted by Crippen LogP contribution is -2.49. The Kier molecular flexibility index (Phi) is 3.53. The van der Waals surface area contributed by atoms with E-state index in [2.05, 4.69) is 16.7 Å². The van der Waals surface area contributed by atoms with Crippen molar-refractivity contribution in [3.05, 3.63) is 0 Å². The molecule has 0 saturated carbocycles. The molecule has 1 aliphatic rings. The highest BCUT2D eigenvalue weighted by molar-refractivity contribution is 5.64. The number of piperidine rings is 1. The van der Waals surface area contributed by atoms with Crippen molar-refractivity contribution >= 4 is 6.09 Å². The average Bonchev–Trinajstić information content (AvgIpc) is 2.08. The largest absolute Gasteiger partial charge is 0.465 e. The highest BCUT2D eigenvalue weighted by Gasteiger charge is 2.25. The fourth-order valence-electron chi connectivity index (χ4n) is 1.60. The van der Waals surface area contributed by atoms with Gasteiger partial charge in [-0.25, -0.2) is 4.79 Å². The summed E-state index contributed by atoms with van der Waals surface area (Å²) < 4.78 is 0. The summed E-state index contributed by atoms with van der Waals surface area (Å²) in [5, 5.41) is 22.6. The second-order valence-electron chi connectivity index (χ2n) is 3.17. The van der Waals surface area contributed by atoms with Crippen LogP contribution in [-0.4, -0.2) is 30.3 Å². The molecule has 0 aromatic carbocycles. The van der Waals surface area contributed by atoms with Gasteiger partial charge >= 0.3 is 6.09 Å². The van der Waals surface area contributed by atoms with Crippen LogP contribution in [0.2, 0.25) is 0 Å². The summed E-state index contributed by atoms with van der Waals surface area (Å²) in [7, 11) is 0. The Balaban J connectivity index is 2.47. The molecular formula is C8H13N3O2. The Morgan fingerprint density at radius 2 is 2.54 bits per heavy atom. The van der Waals surface area contributed by atoms with Gasteiger partial charge in [0.1, 0.15) is 0 Å². The van der Waals surface area contributed by atoms with Gasteiger partial charge in [-0.05, 0) is 13.0 Å². The van der Waals surface area contributed by atoms with E-state index in [1.165, 1.54) is 0 Å². The third-order valence-corrected chi connectivity index (χ3v) is 2.27. The molecule has 72 valence electrons. The number of carboxylic acid groups (broad SMARTS) is 1. The van der Waals surface area contributed by atoms with Crippen LogP contribution in [0.1, 0.15) is 12.8 Å². The van der Waals surface area contributed by atoms with Gasteiger partial charge in [0.15, 0.2) is 0 Å². The first-order valence-corrected chi connectivity index (χ1v) is 4.31. The van der Waals surface area contributed by atoms with Gasteiger partial charge in [-0.2, -0.15) is 5.26 Å². The summed E-state index contributed by atoms with van der Waals surface area (Å²) in [4.78, 5) is 10.4. The summed E-state index contributed by atoms with van der Waals surface area (Å²) in [6, 6.07) is 2.00. The van der Waals surface area contributed by atoms with Crippen molar-refractivity contribution in [2.24, 2.45) is 5.92 Å². The lowest BCUT2D eigenvalue weighted by Gasteiger charge is -2.30. The Morgan fingerprint density at radius 1 is 1.77 bits per heavy atom. The molecule has 0 radical (unpaired) electrons. The van der Waals surface area contributed by atoms with E-state index in [0.29, 0.717) is 6.42 Å². The summed E-state index contributed by atoms with van der Waals surface area (Å²) in [6.45, 7) is 1.53. The minimum absolute atomic E-state index is 0.0709. The molecular weight excluding hydrogens is 170 g/mol. The number of hydrogen-bond acceptors (Lipinski definition) is 3.